The molecule has 37 heavy (non-hydrogen) atoms. The van der Waals surface area contributed by atoms with Crippen LogP contribution in [0.25, 0.3) is 27.7 Å². The topological polar surface area (TPSA) is 61.5 Å². The van der Waals surface area contributed by atoms with Crippen LogP contribution in [0.4, 0.5) is 0 Å². The maximum absolute atomic E-state index is 12.6. The summed E-state index contributed by atoms with van der Waals surface area (Å²) in [6.07, 6.45) is 11.3. The normalized spacial score (nSPS) is 14.8. The Labute approximate surface area is 222 Å². The minimum atomic E-state index is 0.202. The zero-order chi connectivity index (χ0) is 26.8. The lowest BCUT2D eigenvalue weighted by Gasteiger charge is -2.36. The number of rotatable bonds is 8. The predicted octanol–water partition coefficient (Wildman–Crippen LogP) is 6.56. The number of carbonyl (C=O) groups is 1. The van der Waals surface area contributed by atoms with E-state index in [1.165, 1.54) is 5.57 Å². The molecule has 4 rings (SSSR count). The van der Waals surface area contributed by atoms with Crippen molar-refractivity contribution in [3.8, 4) is 16.9 Å². The van der Waals surface area contributed by atoms with Gasteiger partial charge in [-0.2, -0.15) is 0 Å². The summed E-state index contributed by atoms with van der Waals surface area (Å²) >= 11 is 0. The second-order valence-electron chi connectivity index (χ2n) is 9.21. The number of para-hydroxylation sites is 1. The molecule has 3 aromatic rings. The van der Waals surface area contributed by atoms with Gasteiger partial charge in [-0.05, 0) is 43.5 Å². The van der Waals surface area contributed by atoms with Gasteiger partial charge in [-0.3, -0.25) is 9.69 Å². The van der Waals surface area contributed by atoms with Gasteiger partial charge in [0.2, 0.25) is 5.91 Å². The zero-order valence-electron chi connectivity index (χ0n) is 23.3. The van der Waals surface area contributed by atoms with E-state index in [0.29, 0.717) is 12.5 Å². The van der Waals surface area contributed by atoms with Crippen molar-refractivity contribution in [1.82, 2.24) is 19.8 Å². The van der Waals surface area contributed by atoms with Crippen molar-refractivity contribution < 1.29 is 9.53 Å². The molecule has 1 aliphatic heterocycles. The van der Waals surface area contributed by atoms with E-state index in [4.69, 9.17) is 4.74 Å². The first-order chi connectivity index (χ1) is 18.0. The monoisotopic (exact) mass is 502 g/mol. The Balaban J connectivity index is 0.00000186. The van der Waals surface area contributed by atoms with E-state index in [9.17, 15) is 4.79 Å². The van der Waals surface area contributed by atoms with Crippen LogP contribution < -0.4 is 4.74 Å². The lowest BCUT2D eigenvalue weighted by atomic mass is 10.0. The van der Waals surface area contributed by atoms with Gasteiger partial charge in [-0.1, -0.05) is 57.2 Å². The summed E-state index contributed by atoms with van der Waals surface area (Å²) in [4.78, 5) is 25.0. The fourth-order valence-corrected chi connectivity index (χ4v) is 4.66. The van der Waals surface area contributed by atoms with Crippen LogP contribution in [-0.4, -0.2) is 65.0 Å². The molecule has 0 radical (unpaired) electrons. The van der Waals surface area contributed by atoms with Gasteiger partial charge in [0.25, 0.3) is 0 Å². The second kappa shape index (κ2) is 13.8. The van der Waals surface area contributed by atoms with Crippen molar-refractivity contribution in [3.05, 3.63) is 66.5 Å². The molecule has 1 fully saturated rings. The summed E-state index contributed by atoms with van der Waals surface area (Å²) < 4.78 is 5.57. The number of hydrogen-bond donors (Lipinski definition) is 1. The summed E-state index contributed by atoms with van der Waals surface area (Å²) in [7, 11) is 1.69. The number of aromatic amines is 1. The Morgan fingerprint density at radius 1 is 1.14 bits per heavy atom. The molecule has 1 saturated heterocycles. The van der Waals surface area contributed by atoms with Crippen LogP contribution in [0.1, 0.15) is 53.0 Å². The van der Waals surface area contributed by atoms with Crippen molar-refractivity contribution in [3.63, 3.8) is 0 Å². The smallest absolute Gasteiger partial charge is 0.226 e. The highest BCUT2D eigenvalue weighted by atomic mass is 16.5. The maximum Gasteiger partial charge on any atom is 0.226 e. The fourth-order valence-electron chi connectivity index (χ4n) is 4.66. The summed E-state index contributed by atoms with van der Waals surface area (Å²) in [6.45, 7) is 14.1. The minimum Gasteiger partial charge on any atom is -0.496 e. The minimum absolute atomic E-state index is 0.202. The lowest BCUT2D eigenvalue weighted by Crippen LogP contribution is -2.50. The second-order valence-corrected chi connectivity index (χ2v) is 9.21. The van der Waals surface area contributed by atoms with Crippen molar-refractivity contribution in [2.45, 2.75) is 53.5 Å². The third-order valence-electron chi connectivity index (χ3n) is 6.80. The Morgan fingerprint density at radius 2 is 1.86 bits per heavy atom. The zero-order valence-corrected chi connectivity index (χ0v) is 23.3. The standard InChI is InChI=1S/C29H36N4O2.C2H6/c1-5-22(10-6-9-13-28(34)33-16-14-32(15-17-33)21(2)3)23-18-25-26(20-31-29(25)30-19-23)24-11-7-8-12-27(24)35-4;1-2/h6-12,18-21H,5,13-17H2,1-4H3,(H,30,31);1-2H3/b9-6-,22-10+;. The maximum atomic E-state index is 12.6. The first kappa shape index (κ1) is 28.2. The number of nitrogens with zero attached hydrogens (tertiary/aromatic N) is 3. The molecular weight excluding hydrogens is 460 g/mol. The van der Waals surface area contributed by atoms with Gasteiger partial charge in [0.1, 0.15) is 11.4 Å². The molecule has 1 aromatic carbocycles. The van der Waals surface area contributed by atoms with E-state index in [1.54, 1.807) is 7.11 Å². The number of amides is 1. The SMILES string of the molecule is CC.CC/C(=C\C=C/CC(=O)N1CCN(C(C)C)CC1)c1cnc2[nH]cc(-c3ccccc3OC)c2c1. The highest BCUT2D eigenvalue weighted by Gasteiger charge is 2.21. The van der Waals surface area contributed by atoms with Crippen LogP contribution in [-0.2, 0) is 4.79 Å². The molecule has 0 saturated carbocycles. The number of carbonyl (C=O) groups excluding carboxylic acids is 1. The highest BCUT2D eigenvalue weighted by Crippen LogP contribution is 2.35. The summed E-state index contributed by atoms with van der Waals surface area (Å²) in [5.74, 6) is 1.04. The fraction of sp³-hybridized carbons (Fsp3) is 0.419. The predicted molar refractivity (Wildman–Crippen MR) is 155 cm³/mol. The quantitative estimate of drug-likeness (QED) is 0.355. The molecule has 1 N–H and O–H groups in total. The Bertz CT molecular complexity index is 1220. The Kier molecular flexibility index (Phi) is 10.5. The van der Waals surface area contributed by atoms with Crippen molar-refractivity contribution in [2.75, 3.05) is 33.3 Å². The van der Waals surface area contributed by atoms with Crippen LogP contribution in [0.3, 0.4) is 0 Å². The Hall–Kier alpha value is -3.38. The third-order valence-corrected chi connectivity index (χ3v) is 6.80. The van der Waals surface area contributed by atoms with Crippen LogP contribution in [0.5, 0.6) is 5.75 Å². The highest BCUT2D eigenvalue weighted by molar-refractivity contribution is 5.96. The summed E-state index contributed by atoms with van der Waals surface area (Å²) in [6, 6.07) is 10.7. The molecule has 2 aromatic heterocycles. The van der Waals surface area contributed by atoms with Gasteiger partial charge in [-0.25, -0.2) is 4.98 Å². The number of H-pyrrole nitrogens is 1. The van der Waals surface area contributed by atoms with Crippen molar-refractivity contribution in [2.24, 2.45) is 0 Å². The van der Waals surface area contributed by atoms with Gasteiger partial charge in [0.05, 0.1) is 7.11 Å². The molecule has 0 aliphatic carbocycles. The molecule has 1 aliphatic rings. The van der Waals surface area contributed by atoms with Gasteiger partial charge >= 0.3 is 0 Å². The lowest BCUT2D eigenvalue weighted by molar-refractivity contribution is -0.132. The van der Waals surface area contributed by atoms with E-state index in [2.05, 4.69) is 53.8 Å². The number of aromatic nitrogens is 2. The molecule has 6 heteroatoms. The van der Waals surface area contributed by atoms with Crippen LogP contribution in [0.2, 0.25) is 0 Å². The number of nitrogens with one attached hydrogen (secondary N) is 1. The molecule has 198 valence electrons. The number of methoxy groups -OCH3 is 1. The van der Waals surface area contributed by atoms with E-state index < -0.39 is 0 Å². The van der Waals surface area contributed by atoms with E-state index in [-0.39, 0.29) is 5.91 Å². The molecule has 1 amide bonds. The number of benzene rings is 1. The van der Waals surface area contributed by atoms with Gasteiger partial charge < -0.3 is 14.6 Å². The van der Waals surface area contributed by atoms with Crippen LogP contribution >= 0.6 is 0 Å². The third kappa shape index (κ3) is 6.89. The van der Waals surface area contributed by atoms with Gasteiger partial charge in [0.15, 0.2) is 0 Å². The number of fused-ring (bicyclic) bond motifs is 1. The van der Waals surface area contributed by atoms with Crippen LogP contribution in [0.15, 0.2) is 61.0 Å². The summed E-state index contributed by atoms with van der Waals surface area (Å²) in [5, 5.41) is 1.06. The molecule has 6 nitrogen and oxygen atoms in total. The molecular formula is C31H42N4O2. The number of ether oxygens (including phenoxy) is 1. The van der Waals surface area contributed by atoms with Crippen molar-refractivity contribution in [1.29, 1.82) is 0 Å². The average molecular weight is 503 g/mol. The number of allylic oxidation sites excluding steroid dienone is 3. The molecule has 0 spiro atoms. The Morgan fingerprint density at radius 3 is 2.54 bits per heavy atom. The van der Waals surface area contributed by atoms with E-state index >= 15 is 0 Å². The van der Waals surface area contributed by atoms with Gasteiger partial charge in [-0.15, -0.1) is 0 Å². The number of pyridine rings is 1. The van der Waals surface area contributed by atoms with E-state index in [0.717, 1.165) is 66.1 Å². The molecule has 0 bridgehead atoms. The molecule has 0 atom stereocenters. The number of hydrogen-bond acceptors (Lipinski definition) is 4. The first-order valence-electron chi connectivity index (χ1n) is 13.5. The molecule has 0 unspecified atom stereocenters. The van der Waals surface area contributed by atoms with Gasteiger partial charge in [0, 0.05) is 67.5 Å². The van der Waals surface area contributed by atoms with Crippen LogP contribution in [0, 0.1) is 0 Å². The molecule has 3 heterocycles. The van der Waals surface area contributed by atoms with E-state index in [1.807, 2.05) is 61.5 Å². The summed E-state index contributed by atoms with van der Waals surface area (Å²) in [5.41, 5.74) is 5.22. The van der Waals surface area contributed by atoms with Crippen molar-refractivity contribution >= 4 is 22.5 Å². The average Bonchev–Trinajstić information content (AvgIpc) is 3.37. The number of piperazine rings is 1. The first-order valence-corrected chi connectivity index (χ1v) is 13.5. The largest absolute Gasteiger partial charge is 0.496 e.